The van der Waals surface area contributed by atoms with Crippen molar-refractivity contribution in [3.8, 4) is 5.75 Å². The van der Waals surface area contributed by atoms with E-state index in [1.54, 1.807) is 0 Å². The molecule has 1 aromatic carbocycles. The van der Waals surface area contributed by atoms with Crippen LogP contribution in [-0.2, 0) is 0 Å². The van der Waals surface area contributed by atoms with Crippen molar-refractivity contribution in [2.24, 2.45) is 5.92 Å². The predicted molar refractivity (Wildman–Crippen MR) is 84.5 cm³/mol. The van der Waals surface area contributed by atoms with Crippen molar-refractivity contribution in [2.75, 3.05) is 6.54 Å². The summed E-state index contributed by atoms with van der Waals surface area (Å²) >= 11 is 0. The molecule has 1 aliphatic heterocycles. The van der Waals surface area contributed by atoms with Gasteiger partial charge in [0.2, 0.25) is 0 Å². The summed E-state index contributed by atoms with van der Waals surface area (Å²) in [5, 5.41) is 13.8. The normalized spacial score (nSPS) is 25.6. The molecule has 2 N–H and O–H groups in total. The molecule has 3 atom stereocenters. The number of aliphatic hydroxyl groups is 1. The Hall–Kier alpha value is -1.06. The highest BCUT2D eigenvalue weighted by atomic mass is 16.5. The van der Waals surface area contributed by atoms with Gasteiger partial charge in [0.05, 0.1) is 6.10 Å². The first-order valence-corrected chi connectivity index (χ1v) is 8.33. The average molecular weight is 289 g/mol. The number of aliphatic hydroxyl groups excluding tert-OH is 1. The van der Waals surface area contributed by atoms with Crippen LogP contribution in [-0.4, -0.2) is 23.4 Å². The van der Waals surface area contributed by atoms with Crippen molar-refractivity contribution in [3.05, 3.63) is 29.8 Å². The van der Waals surface area contributed by atoms with E-state index in [2.05, 4.69) is 37.4 Å². The van der Waals surface area contributed by atoms with Crippen LogP contribution in [0.25, 0.3) is 0 Å². The smallest absolute Gasteiger partial charge is 0.124 e. The molecule has 3 unspecified atom stereocenters. The second kappa shape index (κ2) is 5.98. The molecule has 0 aromatic heterocycles. The van der Waals surface area contributed by atoms with Crippen LogP contribution >= 0.6 is 0 Å². The first-order valence-electron chi connectivity index (χ1n) is 8.33. The fraction of sp³-hybridized carbons (Fsp3) is 0.667. The summed E-state index contributed by atoms with van der Waals surface area (Å²) < 4.78 is 6.26. The number of benzene rings is 1. The van der Waals surface area contributed by atoms with Gasteiger partial charge in [0.1, 0.15) is 11.4 Å². The van der Waals surface area contributed by atoms with Crippen LogP contribution in [0, 0.1) is 5.92 Å². The van der Waals surface area contributed by atoms with E-state index in [0.717, 1.165) is 31.4 Å². The molecule has 0 bridgehead atoms. The first-order chi connectivity index (χ1) is 10.1. The average Bonchev–Trinajstić information content (AvgIpc) is 2.49. The minimum absolute atomic E-state index is 0.0490. The molecule has 0 amide bonds. The van der Waals surface area contributed by atoms with Crippen molar-refractivity contribution in [2.45, 2.75) is 63.7 Å². The van der Waals surface area contributed by atoms with E-state index >= 15 is 0 Å². The van der Waals surface area contributed by atoms with Gasteiger partial charge in [-0.2, -0.15) is 0 Å². The van der Waals surface area contributed by atoms with Crippen molar-refractivity contribution in [1.82, 2.24) is 5.32 Å². The molecule has 3 rings (SSSR count). The van der Waals surface area contributed by atoms with Gasteiger partial charge in [-0.25, -0.2) is 0 Å². The largest absolute Gasteiger partial charge is 0.487 e. The lowest BCUT2D eigenvalue weighted by molar-refractivity contribution is -0.0384. The molecule has 0 radical (unpaired) electrons. The predicted octanol–water partition coefficient (Wildman–Crippen LogP) is 3.43. The highest BCUT2D eigenvalue weighted by molar-refractivity contribution is 5.39. The third-order valence-corrected chi connectivity index (χ3v) is 5.34. The van der Waals surface area contributed by atoms with Crippen molar-refractivity contribution in [3.63, 3.8) is 0 Å². The monoisotopic (exact) mass is 289 g/mol. The number of nitrogens with one attached hydrogen (secondary N) is 1. The van der Waals surface area contributed by atoms with Crippen LogP contribution in [0.15, 0.2) is 24.3 Å². The van der Waals surface area contributed by atoms with Crippen LogP contribution in [0.4, 0.5) is 0 Å². The van der Waals surface area contributed by atoms with Gasteiger partial charge in [0, 0.05) is 24.6 Å². The van der Waals surface area contributed by atoms with Gasteiger partial charge in [-0.3, -0.25) is 0 Å². The molecular weight excluding hydrogens is 262 g/mol. The number of fused-ring (bicyclic) bond motifs is 1. The maximum Gasteiger partial charge on any atom is 0.124 e. The summed E-state index contributed by atoms with van der Waals surface area (Å²) in [4.78, 5) is 0. The molecule has 1 aromatic rings. The molecule has 3 nitrogen and oxygen atoms in total. The van der Waals surface area contributed by atoms with Crippen LogP contribution in [0.2, 0.25) is 0 Å². The van der Waals surface area contributed by atoms with Crippen LogP contribution in [0.3, 0.4) is 0 Å². The van der Waals surface area contributed by atoms with Gasteiger partial charge in [-0.15, -0.1) is 0 Å². The molecule has 21 heavy (non-hydrogen) atoms. The van der Waals surface area contributed by atoms with Gasteiger partial charge >= 0.3 is 0 Å². The molecular formula is C18H27NO2. The molecule has 1 spiro atoms. The Morgan fingerprint density at radius 1 is 1.38 bits per heavy atom. The number of hydrogen-bond donors (Lipinski definition) is 2. The van der Waals surface area contributed by atoms with E-state index < -0.39 is 0 Å². The Bertz CT molecular complexity index is 484. The third-order valence-electron chi connectivity index (χ3n) is 5.34. The summed E-state index contributed by atoms with van der Waals surface area (Å²) in [5.41, 5.74) is 1.29. The Labute approximate surface area is 127 Å². The van der Waals surface area contributed by atoms with Crippen LogP contribution < -0.4 is 10.1 Å². The summed E-state index contributed by atoms with van der Waals surface area (Å²) in [5.74, 6) is 1.37. The zero-order valence-corrected chi connectivity index (χ0v) is 13.1. The summed E-state index contributed by atoms with van der Waals surface area (Å²) in [6, 6.07) is 8.64. The molecule has 1 heterocycles. The SMILES string of the molecule is CCC(C)C(O)CNC1CC2(CCC2)Oc2ccccc21. The quantitative estimate of drug-likeness (QED) is 0.872. The van der Waals surface area contributed by atoms with Crippen LogP contribution in [0.5, 0.6) is 5.75 Å². The van der Waals surface area contributed by atoms with Gasteiger partial charge in [0.25, 0.3) is 0 Å². The van der Waals surface area contributed by atoms with E-state index in [0.29, 0.717) is 18.5 Å². The molecule has 1 aliphatic carbocycles. The Kier molecular flexibility index (Phi) is 4.23. The van der Waals surface area contributed by atoms with Crippen molar-refractivity contribution in [1.29, 1.82) is 0 Å². The van der Waals surface area contributed by atoms with Gasteiger partial charge < -0.3 is 15.2 Å². The molecule has 3 heteroatoms. The van der Waals surface area contributed by atoms with E-state index in [1.165, 1.54) is 12.0 Å². The van der Waals surface area contributed by atoms with Crippen molar-refractivity contribution >= 4 is 0 Å². The topological polar surface area (TPSA) is 41.5 Å². The molecule has 0 saturated heterocycles. The van der Waals surface area contributed by atoms with Gasteiger partial charge in [-0.1, -0.05) is 38.5 Å². The fourth-order valence-electron chi connectivity index (χ4n) is 3.41. The summed E-state index contributed by atoms with van der Waals surface area (Å²) in [6.07, 6.45) is 5.35. The maximum absolute atomic E-state index is 10.2. The van der Waals surface area contributed by atoms with Crippen molar-refractivity contribution < 1.29 is 9.84 Å². The lowest BCUT2D eigenvalue weighted by Gasteiger charge is -2.48. The first kappa shape index (κ1) is 14.9. The third kappa shape index (κ3) is 2.95. The van der Waals surface area contributed by atoms with E-state index in [4.69, 9.17) is 4.74 Å². The van der Waals surface area contributed by atoms with E-state index in [-0.39, 0.29) is 11.7 Å². The minimum Gasteiger partial charge on any atom is -0.487 e. The molecule has 116 valence electrons. The number of hydrogen-bond acceptors (Lipinski definition) is 3. The lowest BCUT2D eigenvalue weighted by atomic mass is 9.73. The summed E-state index contributed by atoms with van der Waals surface area (Å²) in [6.45, 7) is 4.89. The molecule has 2 aliphatic rings. The second-order valence-electron chi connectivity index (χ2n) is 6.79. The maximum atomic E-state index is 10.2. The summed E-state index contributed by atoms with van der Waals surface area (Å²) in [7, 11) is 0. The second-order valence-corrected chi connectivity index (χ2v) is 6.79. The van der Waals surface area contributed by atoms with Gasteiger partial charge in [-0.05, 0) is 31.2 Å². The molecule has 1 saturated carbocycles. The van der Waals surface area contributed by atoms with Crippen LogP contribution in [0.1, 0.15) is 57.6 Å². The lowest BCUT2D eigenvalue weighted by Crippen LogP contribution is -2.49. The van der Waals surface area contributed by atoms with Gasteiger partial charge in [0.15, 0.2) is 0 Å². The zero-order chi connectivity index (χ0) is 14.9. The fourth-order valence-corrected chi connectivity index (χ4v) is 3.41. The van der Waals surface area contributed by atoms with E-state index in [1.807, 2.05) is 6.07 Å². The Morgan fingerprint density at radius 2 is 2.14 bits per heavy atom. The highest BCUT2D eigenvalue weighted by Gasteiger charge is 2.45. The molecule has 1 fully saturated rings. The number of para-hydroxylation sites is 1. The standard InChI is InChI=1S/C18H27NO2/c1-3-13(2)16(20)12-19-15-11-18(9-6-10-18)21-17-8-5-4-7-14(15)17/h4-5,7-8,13,15-16,19-20H,3,6,9-12H2,1-2H3. The number of ether oxygens (including phenoxy) is 1. The Morgan fingerprint density at radius 3 is 2.81 bits per heavy atom. The Balaban J connectivity index is 1.71. The highest BCUT2D eigenvalue weighted by Crippen LogP contribution is 2.48. The van der Waals surface area contributed by atoms with E-state index in [9.17, 15) is 5.11 Å². The minimum atomic E-state index is -0.276. The zero-order valence-electron chi connectivity index (χ0n) is 13.1. The number of rotatable bonds is 5.